The van der Waals surface area contributed by atoms with E-state index in [1.165, 1.54) is 11.8 Å². The number of nitrogens with zero attached hydrogens (tertiary/aromatic N) is 1. The van der Waals surface area contributed by atoms with E-state index in [-0.39, 0.29) is 6.04 Å². The molecule has 1 saturated heterocycles. The van der Waals surface area contributed by atoms with Crippen LogP contribution in [-0.4, -0.2) is 38.7 Å². The largest absolute Gasteiger partial charge is 0.298 e. The number of rotatable bonds is 4. The van der Waals surface area contributed by atoms with Crippen molar-refractivity contribution in [3.63, 3.8) is 0 Å². The summed E-state index contributed by atoms with van der Waals surface area (Å²) in [5.74, 6) is 0. The van der Waals surface area contributed by atoms with Crippen molar-refractivity contribution in [1.29, 1.82) is 0 Å². The Morgan fingerprint density at radius 3 is 2.72 bits per heavy atom. The minimum absolute atomic E-state index is 0.0532. The third-order valence-electron chi connectivity index (χ3n) is 3.14. The molecule has 18 heavy (non-hydrogen) atoms. The molecule has 1 aromatic rings. The van der Waals surface area contributed by atoms with Gasteiger partial charge in [0.25, 0.3) is 0 Å². The van der Waals surface area contributed by atoms with Gasteiger partial charge in [-0.3, -0.25) is 4.90 Å². The molecule has 1 heterocycles. The van der Waals surface area contributed by atoms with Crippen LogP contribution in [0.2, 0.25) is 0 Å². The van der Waals surface area contributed by atoms with Crippen LogP contribution in [0.15, 0.2) is 30.3 Å². The van der Waals surface area contributed by atoms with Crippen LogP contribution >= 0.6 is 0 Å². The lowest BCUT2D eigenvalue weighted by molar-refractivity contribution is 0.194. The Balaban J connectivity index is 1.91. The van der Waals surface area contributed by atoms with E-state index in [1.54, 1.807) is 0 Å². The lowest BCUT2D eigenvalue weighted by Crippen LogP contribution is -2.46. The SMILES string of the molecule is CS(=O)(=O)NC1CCCN(Cc2ccccc2)C1. The molecule has 0 amide bonds. The fourth-order valence-electron chi connectivity index (χ4n) is 2.44. The first-order valence-electron chi connectivity index (χ1n) is 6.26. The highest BCUT2D eigenvalue weighted by atomic mass is 32.2. The molecule has 0 saturated carbocycles. The Bertz CT molecular complexity index is 473. The predicted molar refractivity (Wildman–Crippen MR) is 72.7 cm³/mol. The van der Waals surface area contributed by atoms with E-state index >= 15 is 0 Å². The maximum Gasteiger partial charge on any atom is 0.208 e. The maximum absolute atomic E-state index is 11.2. The van der Waals surface area contributed by atoms with Gasteiger partial charge in [-0.25, -0.2) is 13.1 Å². The molecule has 1 unspecified atom stereocenters. The van der Waals surface area contributed by atoms with Gasteiger partial charge < -0.3 is 0 Å². The van der Waals surface area contributed by atoms with Gasteiger partial charge in [0, 0.05) is 19.1 Å². The van der Waals surface area contributed by atoms with Gasteiger partial charge in [0.05, 0.1) is 6.26 Å². The lowest BCUT2D eigenvalue weighted by atomic mass is 10.1. The van der Waals surface area contributed by atoms with Gasteiger partial charge in [-0.05, 0) is 24.9 Å². The Morgan fingerprint density at radius 2 is 2.06 bits per heavy atom. The van der Waals surface area contributed by atoms with E-state index in [0.717, 1.165) is 32.5 Å². The van der Waals surface area contributed by atoms with Crippen LogP contribution in [0.5, 0.6) is 0 Å². The molecule has 0 bridgehead atoms. The van der Waals surface area contributed by atoms with Crippen molar-refractivity contribution in [2.45, 2.75) is 25.4 Å². The molecule has 1 atom stereocenters. The average Bonchev–Trinajstić information content (AvgIpc) is 2.28. The van der Waals surface area contributed by atoms with Crippen molar-refractivity contribution in [3.05, 3.63) is 35.9 Å². The van der Waals surface area contributed by atoms with Gasteiger partial charge >= 0.3 is 0 Å². The molecule has 1 aliphatic heterocycles. The van der Waals surface area contributed by atoms with E-state index in [2.05, 4.69) is 21.8 Å². The normalized spacial score (nSPS) is 21.9. The molecule has 0 aromatic heterocycles. The average molecular weight is 268 g/mol. The zero-order valence-corrected chi connectivity index (χ0v) is 11.5. The van der Waals surface area contributed by atoms with Gasteiger partial charge in [-0.1, -0.05) is 30.3 Å². The number of sulfonamides is 1. The number of hydrogen-bond acceptors (Lipinski definition) is 3. The first-order valence-corrected chi connectivity index (χ1v) is 8.16. The second-order valence-electron chi connectivity index (χ2n) is 4.95. The Kier molecular flexibility index (Phi) is 4.37. The van der Waals surface area contributed by atoms with Crippen LogP contribution in [0.4, 0.5) is 0 Å². The zero-order chi connectivity index (χ0) is 13.0. The van der Waals surface area contributed by atoms with Crippen molar-refractivity contribution in [2.75, 3.05) is 19.3 Å². The van der Waals surface area contributed by atoms with Crippen LogP contribution in [-0.2, 0) is 16.6 Å². The van der Waals surface area contributed by atoms with Crippen LogP contribution < -0.4 is 4.72 Å². The molecule has 1 N–H and O–H groups in total. The fourth-order valence-corrected chi connectivity index (χ4v) is 3.24. The van der Waals surface area contributed by atoms with Crippen LogP contribution in [0, 0.1) is 0 Å². The van der Waals surface area contributed by atoms with E-state index in [0.29, 0.717) is 0 Å². The second-order valence-corrected chi connectivity index (χ2v) is 6.73. The minimum Gasteiger partial charge on any atom is -0.298 e. The standard InChI is InChI=1S/C13H20N2O2S/c1-18(16,17)14-13-8-5-9-15(11-13)10-12-6-3-2-4-7-12/h2-4,6-7,13-14H,5,8-11H2,1H3. The summed E-state index contributed by atoms with van der Waals surface area (Å²) in [6, 6.07) is 10.3. The monoisotopic (exact) mass is 268 g/mol. The Hall–Kier alpha value is -0.910. The van der Waals surface area contributed by atoms with Crippen LogP contribution in [0.25, 0.3) is 0 Å². The van der Waals surface area contributed by atoms with Crippen LogP contribution in [0.1, 0.15) is 18.4 Å². The van der Waals surface area contributed by atoms with Crippen molar-refractivity contribution < 1.29 is 8.42 Å². The quantitative estimate of drug-likeness (QED) is 0.892. The molecular formula is C13H20N2O2S. The minimum atomic E-state index is -3.10. The van der Waals surface area contributed by atoms with Gasteiger partial charge in [0.2, 0.25) is 10.0 Å². The van der Waals surface area contributed by atoms with E-state index in [4.69, 9.17) is 0 Å². The summed E-state index contributed by atoms with van der Waals surface area (Å²) in [6.45, 7) is 2.72. The first-order chi connectivity index (χ1) is 8.53. The molecule has 100 valence electrons. The molecule has 0 radical (unpaired) electrons. The fraction of sp³-hybridized carbons (Fsp3) is 0.538. The van der Waals surface area contributed by atoms with Crippen LogP contribution in [0.3, 0.4) is 0 Å². The topological polar surface area (TPSA) is 49.4 Å². The Labute approximate surface area is 109 Å². The van der Waals surface area contributed by atoms with E-state index < -0.39 is 10.0 Å². The van der Waals surface area contributed by atoms with Crippen molar-refractivity contribution in [1.82, 2.24) is 9.62 Å². The highest BCUT2D eigenvalue weighted by Gasteiger charge is 2.22. The van der Waals surface area contributed by atoms with Gasteiger partial charge in [0.15, 0.2) is 0 Å². The molecule has 1 fully saturated rings. The number of piperidine rings is 1. The highest BCUT2D eigenvalue weighted by molar-refractivity contribution is 7.88. The van der Waals surface area contributed by atoms with Gasteiger partial charge in [-0.2, -0.15) is 0 Å². The number of nitrogens with one attached hydrogen (secondary N) is 1. The molecular weight excluding hydrogens is 248 g/mol. The molecule has 1 aromatic carbocycles. The summed E-state index contributed by atoms with van der Waals surface area (Å²) < 4.78 is 25.2. The molecule has 0 aliphatic carbocycles. The van der Waals surface area contributed by atoms with Gasteiger partial charge in [0.1, 0.15) is 0 Å². The number of benzene rings is 1. The molecule has 1 aliphatic rings. The number of likely N-dealkylation sites (tertiary alicyclic amines) is 1. The van der Waals surface area contributed by atoms with Crippen molar-refractivity contribution >= 4 is 10.0 Å². The highest BCUT2D eigenvalue weighted by Crippen LogP contribution is 2.14. The third-order valence-corrected chi connectivity index (χ3v) is 3.90. The third kappa shape index (κ3) is 4.40. The summed E-state index contributed by atoms with van der Waals surface area (Å²) in [5.41, 5.74) is 1.28. The molecule has 4 nitrogen and oxygen atoms in total. The second kappa shape index (κ2) is 5.82. The summed E-state index contributed by atoms with van der Waals surface area (Å²) >= 11 is 0. The lowest BCUT2D eigenvalue weighted by Gasteiger charge is -2.32. The molecule has 2 rings (SSSR count). The summed E-state index contributed by atoms with van der Waals surface area (Å²) in [4.78, 5) is 2.31. The smallest absolute Gasteiger partial charge is 0.208 e. The van der Waals surface area contributed by atoms with Crippen molar-refractivity contribution in [3.8, 4) is 0 Å². The molecule has 0 spiro atoms. The zero-order valence-electron chi connectivity index (χ0n) is 10.7. The summed E-state index contributed by atoms with van der Waals surface area (Å²) in [5, 5.41) is 0. The predicted octanol–water partition coefficient (Wildman–Crippen LogP) is 1.20. The first kappa shape index (κ1) is 13.5. The summed E-state index contributed by atoms with van der Waals surface area (Å²) in [6.07, 6.45) is 3.20. The van der Waals surface area contributed by atoms with Gasteiger partial charge in [-0.15, -0.1) is 0 Å². The van der Waals surface area contributed by atoms with E-state index in [1.807, 2.05) is 18.2 Å². The Morgan fingerprint density at radius 1 is 1.33 bits per heavy atom. The van der Waals surface area contributed by atoms with Crippen molar-refractivity contribution in [2.24, 2.45) is 0 Å². The number of hydrogen-bond donors (Lipinski definition) is 1. The molecule has 5 heteroatoms. The van der Waals surface area contributed by atoms with E-state index in [9.17, 15) is 8.42 Å². The summed E-state index contributed by atoms with van der Waals surface area (Å²) in [7, 11) is -3.10. The maximum atomic E-state index is 11.2.